The highest BCUT2D eigenvalue weighted by molar-refractivity contribution is 6.30. The molecule has 0 saturated carbocycles. The fraction of sp³-hybridized carbons (Fsp3) is 0.500. The normalized spacial score (nSPS) is 20.8. The Morgan fingerprint density at radius 1 is 1.56 bits per heavy atom. The van der Waals surface area contributed by atoms with E-state index in [4.69, 9.17) is 16.3 Å². The standard InChI is InChI=1S/C14H18ClNO2/c1-10(15)14(17)16-8-4-7-13(16)11-5-3-6-12(9-11)18-2/h3,5-6,9-10,13H,4,7-8H2,1-2H3. The zero-order valence-electron chi connectivity index (χ0n) is 10.7. The van der Waals surface area contributed by atoms with Crippen molar-refractivity contribution in [1.29, 1.82) is 0 Å². The molecule has 98 valence electrons. The Hall–Kier alpha value is -1.22. The lowest BCUT2D eigenvalue weighted by Crippen LogP contribution is -2.35. The lowest BCUT2D eigenvalue weighted by Gasteiger charge is -2.26. The number of benzene rings is 1. The van der Waals surface area contributed by atoms with Crippen LogP contribution < -0.4 is 4.74 Å². The molecule has 1 saturated heterocycles. The molecule has 1 heterocycles. The van der Waals surface area contributed by atoms with E-state index in [2.05, 4.69) is 0 Å². The van der Waals surface area contributed by atoms with Crippen LogP contribution in [0, 0.1) is 0 Å². The highest BCUT2D eigenvalue weighted by atomic mass is 35.5. The molecule has 1 aromatic rings. The predicted octanol–water partition coefficient (Wildman–Crippen LogP) is 2.99. The van der Waals surface area contributed by atoms with Crippen LogP contribution >= 0.6 is 11.6 Å². The summed E-state index contributed by atoms with van der Waals surface area (Å²) in [5, 5.41) is -0.462. The number of carbonyl (C=O) groups excluding carboxylic acids is 1. The third kappa shape index (κ3) is 2.61. The third-order valence-corrected chi connectivity index (χ3v) is 3.54. The Bertz CT molecular complexity index is 434. The number of likely N-dealkylation sites (tertiary alicyclic amines) is 1. The summed E-state index contributed by atoms with van der Waals surface area (Å²) in [5.41, 5.74) is 1.12. The maximum Gasteiger partial charge on any atom is 0.240 e. The van der Waals surface area contributed by atoms with Gasteiger partial charge in [-0.25, -0.2) is 0 Å². The van der Waals surface area contributed by atoms with Crippen LogP contribution in [0.2, 0.25) is 0 Å². The van der Waals surface area contributed by atoms with Crippen molar-refractivity contribution < 1.29 is 9.53 Å². The first-order valence-corrected chi connectivity index (χ1v) is 6.65. The smallest absolute Gasteiger partial charge is 0.240 e. The topological polar surface area (TPSA) is 29.5 Å². The summed E-state index contributed by atoms with van der Waals surface area (Å²) in [7, 11) is 1.65. The van der Waals surface area contributed by atoms with E-state index >= 15 is 0 Å². The molecular weight excluding hydrogens is 250 g/mol. The van der Waals surface area contributed by atoms with Crippen molar-refractivity contribution in [2.75, 3.05) is 13.7 Å². The molecule has 4 heteroatoms. The number of ether oxygens (including phenoxy) is 1. The second kappa shape index (κ2) is 5.61. The van der Waals surface area contributed by atoms with Gasteiger partial charge in [-0.2, -0.15) is 0 Å². The zero-order chi connectivity index (χ0) is 13.1. The van der Waals surface area contributed by atoms with Crippen LogP contribution in [0.5, 0.6) is 5.75 Å². The van der Waals surface area contributed by atoms with Crippen molar-refractivity contribution in [3.8, 4) is 5.75 Å². The van der Waals surface area contributed by atoms with Gasteiger partial charge in [0.2, 0.25) is 5.91 Å². The number of hydrogen-bond donors (Lipinski definition) is 0. The number of nitrogens with zero attached hydrogens (tertiary/aromatic N) is 1. The van der Waals surface area contributed by atoms with Crippen LogP contribution in [-0.4, -0.2) is 29.8 Å². The Balaban J connectivity index is 2.23. The first kappa shape index (κ1) is 13.2. The molecule has 2 rings (SSSR count). The maximum atomic E-state index is 12.0. The molecule has 0 aromatic heterocycles. The minimum Gasteiger partial charge on any atom is -0.497 e. The lowest BCUT2D eigenvalue weighted by molar-refractivity contribution is -0.131. The summed E-state index contributed by atoms with van der Waals surface area (Å²) in [6.45, 7) is 2.52. The van der Waals surface area contributed by atoms with Crippen LogP contribution in [0.4, 0.5) is 0 Å². The summed E-state index contributed by atoms with van der Waals surface area (Å²) in [5.74, 6) is 0.840. The fourth-order valence-electron chi connectivity index (χ4n) is 2.45. The van der Waals surface area contributed by atoms with Crippen molar-refractivity contribution in [1.82, 2.24) is 4.90 Å². The van der Waals surface area contributed by atoms with Gasteiger partial charge >= 0.3 is 0 Å². The van der Waals surface area contributed by atoms with Gasteiger partial charge < -0.3 is 9.64 Å². The Labute approximate surface area is 113 Å². The molecule has 2 unspecified atom stereocenters. The monoisotopic (exact) mass is 267 g/mol. The molecule has 2 atom stereocenters. The quantitative estimate of drug-likeness (QED) is 0.788. The first-order chi connectivity index (χ1) is 8.63. The molecule has 1 aliphatic rings. The zero-order valence-corrected chi connectivity index (χ0v) is 11.5. The Morgan fingerprint density at radius 3 is 3.00 bits per heavy atom. The first-order valence-electron chi connectivity index (χ1n) is 6.22. The molecule has 0 spiro atoms. The molecule has 0 aliphatic carbocycles. The highest BCUT2D eigenvalue weighted by Gasteiger charge is 2.31. The fourth-order valence-corrected chi connectivity index (χ4v) is 2.58. The third-order valence-electron chi connectivity index (χ3n) is 3.35. The van der Waals surface area contributed by atoms with Crippen LogP contribution in [-0.2, 0) is 4.79 Å². The molecule has 1 amide bonds. The minimum absolute atomic E-state index is 0.0157. The second-order valence-electron chi connectivity index (χ2n) is 4.58. The molecule has 1 aromatic carbocycles. The van der Waals surface area contributed by atoms with Crippen LogP contribution in [0.25, 0.3) is 0 Å². The maximum absolute atomic E-state index is 12.0. The molecule has 0 N–H and O–H groups in total. The summed E-state index contributed by atoms with van der Waals surface area (Å²) in [6.07, 6.45) is 2.01. The van der Waals surface area contributed by atoms with E-state index in [0.717, 1.165) is 30.7 Å². The minimum atomic E-state index is -0.462. The average Bonchev–Trinajstić information content (AvgIpc) is 2.86. The Kier molecular flexibility index (Phi) is 4.12. The van der Waals surface area contributed by atoms with Crippen molar-refractivity contribution in [2.45, 2.75) is 31.2 Å². The molecule has 3 nitrogen and oxygen atoms in total. The van der Waals surface area contributed by atoms with Gasteiger partial charge in [-0.1, -0.05) is 12.1 Å². The highest BCUT2D eigenvalue weighted by Crippen LogP contribution is 2.34. The summed E-state index contributed by atoms with van der Waals surface area (Å²) >= 11 is 5.90. The molecular formula is C14H18ClNO2. The molecule has 0 bridgehead atoms. The van der Waals surface area contributed by atoms with E-state index < -0.39 is 5.38 Å². The van der Waals surface area contributed by atoms with E-state index in [0.29, 0.717) is 0 Å². The second-order valence-corrected chi connectivity index (χ2v) is 5.24. The van der Waals surface area contributed by atoms with E-state index in [9.17, 15) is 4.79 Å². The Morgan fingerprint density at radius 2 is 2.33 bits per heavy atom. The van der Waals surface area contributed by atoms with E-state index in [1.165, 1.54) is 0 Å². The largest absolute Gasteiger partial charge is 0.497 e. The van der Waals surface area contributed by atoms with Crippen molar-refractivity contribution in [3.05, 3.63) is 29.8 Å². The van der Waals surface area contributed by atoms with Gasteiger partial charge in [-0.15, -0.1) is 11.6 Å². The number of carbonyl (C=O) groups is 1. The van der Waals surface area contributed by atoms with Gasteiger partial charge in [-0.3, -0.25) is 4.79 Å². The van der Waals surface area contributed by atoms with Crippen LogP contribution in [0.3, 0.4) is 0 Å². The van der Waals surface area contributed by atoms with Gasteiger partial charge in [0.1, 0.15) is 11.1 Å². The number of methoxy groups -OCH3 is 1. The van der Waals surface area contributed by atoms with Crippen molar-refractivity contribution in [3.63, 3.8) is 0 Å². The summed E-state index contributed by atoms with van der Waals surface area (Å²) in [4.78, 5) is 13.9. The summed E-state index contributed by atoms with van der Waals surface area (Å²) < 4.78 is 5.23. The number of amides is 1. The molecule has 18 heavy (non-hydrogen) atoms. The summed E-state index contributed by atoms with van der Waals surface area (Å²) in [6, 6.07) is 8.04. The van der Waals surface area contributed by atoms with Gasteiger partial charge in [0.25, 0.3) is 0 Å². The number of hydrogen-bond acceptors (Lipinski definition) is 2. The van der Waals surface area contributed by atoms with Crippen LogP contribution in [0.15, 0.2) is 24.3 Å². The average molecular weight is 268 g/mol. The van der Waals surface area contributed by atoms with Crippen molar-refractivity contribution in [2.24, 2.45) is 0 Å². The van der Waals surface area contributed by atoms with E-state index in [1.807, 2.05) is 29.2 Å². The molecule has 0 radical (unpaired) electrons. The van der Waals surface area contributed by atoms with E-state index in [1.54, 1.807) is 14.0 Å². The van der Waals surface area contributed by atoms with Gasteiger partial charge in [0.15, 0.2) is 0 Å². The number of alkyl halides is 1. The SMILES string of the molecule is COc1cccc(C2CCCN2C(=O)C(C)Cl)c1. The molecule has 1 fully saturated rings. The van der Waals surface area contributed by atoms with Crippen molar-refractivity contribution >= 4 is 17.5 Å². The van der Waals surface area contributed by atoms with Gasteiger partial charge in [-0.05, 0) is 37.5 Å². The van der Waals surface area contributed by atoms with Gasteiger partial charge in [0.05, 0.1) is 13.2 Å². The number of halogens is 1. The lowest BCUT2D eigenvalue weighted by atomic mass is 10.0. The molecule has 1 aliphatic heterocycles. The van der Waals surface area contributed by atoms with Crippen LogP contribution in [0.1, 0.15) is 31.4 Å². The number of rotatable bonds is 3. The van der Waals surface area contributed by atoms with Gasteiger partial charge in [0, 0.05) is 6.54 Å². The predicted molar refractivity (Wildman–Crippen MR) is 72.0 cm³/mol. The van der Waals surface area contributed by atoms with E-state index in [-0.39, 0.29) is 11.9 Å².